The van der Waals surface area contributed by atoms with Gasteiger partial charge in [-0.25, -0.2) is 0 Å². The van der Waals surface area contributed by atoms with Crippen LogP contribution in [0.25, 0.3) is 0 Å². The quantitative estimate of drug-likeness (QED) is 0.604. The van der Waals surface area contributed by atoms with Gasteiger partial charge in [-0.05, 0) is 62.3 Å². The van der Waals surface area contributed by atoms with Gasteiger partial charge in [0.1, 0.15) is 5.75 Å². The molecule has 2 aromatic carbocycles. The van der Waals surface area contributed by atoms with Crippen LogP contribution in [-0.2, 0) is 9.59 Å². The van der Waals surface area contributed by atoms with Crippen molar-refractivity contribution in [2.45, 2.75) is 45.6 Å². The van der Waals surface area contributed by atoms with Crippen LogP contribution >= 0.6 is 0 Å². The lowest BCUT2D eigenvalue weighted by atomic mass is 10.0. The van der Waals surface area contributed by atoms with E-state index in [0.717, 1.165) is 11.3 Å². The molecule has 0 spiro atoms. The summed E-state index contributed by atoms with van der Waals surface area (Å²) in [5.41, 5.74) is 2.44. The van der Waals surface area contributed by atoms with E-state index >= 15 is 0 Å². The van der Waals surface area contributed by atoms with Crippen LogP contribution in [0.4, 0.5) is 11.4 Å². The summed E-state index contributed by atoms with van der Waals surface area (Å²) in [5, 5.41) is 5.76. The van der Waals surface area contributed by atoms with E-state index in [1.807, 2.05) is 50.2 Å². The van der Waals surface area contributed by atoms with Crippen molar-refractivity contribution >= 4 is 23.2 Å². The summed E-state index contributed by atoms with van der Waals surface area (Å²) in [5.74, 6) is 0.815. The molecule has 2 rings (SSSR count). The van der Waals surface area contributed by atoms with Gasteiger partial charge in [0, 0.05) is 24.3 Å². The van der Waals surface area contributed by atoms with Gasteiger partial charge in [-0.3, -0.25) is 9.59 Å². The lowest BCUT2D eigenvalue weighted by Crippen LogP contribution is -2.32. The van der Waals surface area contributed by atoms with Gasteiger partial charge in [-0.15, -0.1) is 0 Å². The fraction of sp³-hybridized carbons (Fsp3) is 0.417. The third-order valence-corrected chi connectivity index (χ3v) is 4.70. The number of hydrogen-bond acceptors (Lipinski definition) is 4. The Bertz CT molecular complexity index is 832. The Morgan fingerprint density at radius 2 is 1.57 bits per heavy atom. The molecule has 2 aromatic rings. The van der Waals surface area contributed by atoms with Crippen LogP contribution in [0.3, 0.4) is 0 Å². The van der Waals surface area contributed by atoms with E-state index in [2.05, 4.69) is 24.5 Å². The molecule has 2 amide bonds. The van der Waals surface area contributed by atoms with Crippen molar-refractivity contribution in [2.24, 2.45) is 0 Å². The summed E-state index contributed by atoms with van der Waals surface area (Å²) in [4.78, 5) is 26.6. The molecule has 6 nitrogen and oxygen atoms in total. The third kappa shape index (κ3) is 7.19. The highest BCUT2D eigenvalue weighted by Crippen LogP contribution is 2.27. The second kappa shape index (κ2) is 11.4. The molecule has 0 fully saturated rings. The molecule has 2 N–H and O–H groups in total. The molecule has 0 aliphatic carbocycles. The van der Waals surface area contributed by atoms with Crippen LogP contribution in [-0.4, -0.2) is 43.5 Å². The minimum Gasteiger partial charge on any atom is -0.480 e. The maximum atomic E-state index is 12.7. The van der Waals surface area contributed by atoms with Gasteiger partial charge in [0.05, 0.1) is 0 Å². The Balaban J connectivity index is 1.96. The van der Waals surface area contributed by atoms with Gasteiger partial charge in [0.15, 0.2) is 6.10 Å². The van der Waals surface area contributed by atoms with Crippen molar-refractivity contribution < 1.29 is 14.3 Å². The van der Waals surface area contributed by atoms with Gasteiger partial charge in [-0.2, -0.15) is 0 Å². The van der Waals surface area contributed by atoms with E-state index in [9.17, 15) is 9.59 Å². The molecule has 0 aliphatic heterocycles. The summed E-state index contributed by atoms with van der Waals surface area (Å²) in [6, 6.07) is 14.9. The molecule has 0 aromatic heterocycles. The summed E-state index contributed by atoms with van der Waals surface area (Å²) in [7, 11) is 3.86. The molecule has 1 unspecified atom stereocenters. The molecule has 162 valence electrons. The second-order valence-electron chi connectivity index (χ2n) is 7.88. The highest BCUT2D eigenvalue weighted by atomic mass is 16.5. The monoisotopic (exact) mass is 411 g/mol. The maximum Gasteiger partial charge on any atom is 0.265 e. The van der Waals surface area contributed by atoms with Gasteiger partial charge >= 0.3 is 0 Å². The van der Waals surface area contributed by atoms with Gasteiger partial charge < -0.3 is 20.3 Å². The standard InChI is InChI=1S/C24H33N3O3/c1-6-21(30-22-10-8-7-9-20(22)17(2)3)24(29)26-19-13-11-18(12-14-19)25-23(28)15-16-27(4)5/h7-14,17,21H,6,15-16H2,1-5H3,(H,25,28)(H,26,29). The fourth-order valence-corrected chi connectivity index (χ4v) is 2.95. The van der Waals surface area contributed by atoms with E-state index in [1.54, 1.807) is 24.3 Å². The predicted molar refractivity (Wildman–Crippen MR) is 122 cm³/mol. The van der Waals surface area contributed by atoms with Crippen molar-refractivity contribution in [2.75, 3.05) is 31.3 Å². The van der Waals surface area contributed by atoms with E-state index in [4.69, 9.17) is 4.74 Å². The molecule has 1 atom stereocenters. The van der Waals surface area contributed by atoms with Crippen molar-refractivity contribution in [1.29, 1.82) is 0 Å². The minimum atomic E-state index is -0.588. The SMILES string of the molecule is CCC(Oc1ccccc1C(C)C)C(=O)Nc1ccc(NC(=O)CCN(C)C)cc1. The molecule has 6 heteroatoms. The van der Waals surface area contributed by atoms with Crippen LogP contribution in [0.5, 0.6) is 5.75 Å². The number of nitrogens with one attached hydrogen (secondary N) is 2. The number of amides is 2. The first-order valence-corrected chi connectivity index (χ1v) is 10.4. The Labute approximate surface area is 179 Å². The van der Waals surface area contributed by atoms with Crippen LogP contribution in [0.1, 0.15) is 45.1 Å². The molecular weight excluding hydrogens is 378 g/mol. The summed E-state index contributed by atoms with van der Waals surface area (Å²) >= 11 is 0. The smallest absolute Gasteiger partial charge is 0.265 e. The van der Waals surface area contributed by atoms with E-state index in [1.165, 1.54) is 0 Å². The first kappa shape index (κ1) is 23.4. The van der Waals surface area contributed by atoms with Crippen LogP contribution < -0.4 is 15.4 Å². The van der Waals surface area contributed by atoms with Crippen molar-refractivity contribution in [3.05, 3.63) is 54.1 Å². The molecule has 30 heavy (non-hydrogen) atoms. The average Bonchev–Trinajstić information content (AvgIpc) is 2.72. The lowest BCUT2D eigenvalue weighted by molar-refractivity contribution is -0.123. The highest BCUT2D eigenvalue weighted by Gasteiger charge is 2.20. The van der Waals surface area contributed by atoms with Crippen LogP contribution in [0.15, 0.2) is 48.5 Å². The predicted octanol–water partition coefficient (Wildman–Crippen LogP) is 4.50. The lowest BCUT2D eigenvalue weighted by Gasteiger charge is -2.20. The number of benzene rings is 2. The van der Waals surface area contributed by atoms with E-state index in [-0.39, 0.29) is 11.8 Å². The maximum absolute atomic E-state index is 12.7. The summed E-state index contributed by atoms with van der Waals surface area (Å²) < 4.78 is 6.04. The molecule has 0 aliphatic rings. The molecule has 0 saturated heterocycles. The van der Waals surface area contributed by atoms with E-state index in [0.29, 0.717) is 36.7 Å². The number of rotatable bonds is 10. The molecule has 0 bridgehead atoms. The molecule has 0 saturated carbocycles. The number of carbonyl (C=O) groups is 2. The number of carbonyl (C=O) groups excluding carboxylic acids is 2. The third-order valence-electron chi connectivity index (χ3n) is 4.70. The second-order valence-corrected chi connectivity index (χ2v) is 7.88. The number of nitrogens with zero attached hydrogens (tertiary/aromatic N) is 1. The normalized spacial score (nSPS) is 12.0. The van der Waals surface area contributed by atoms with Crippen molar-refractivity contribution in [3.63, 3.8) is 0 Å². The van der Waals surface area contributed by atoms with Gasteiger partial charge in [0.25, 0.3) is 5.91 Å². The van der Waals surface area contributed by atoms with E-state index < -0.39 is 6.10 Å². The van der Waals surface area contributed by atoms with Gasteiger partial charge in [0.2, 0.25) is 5.91 Å². The highest BCUT2D eigenvalue weighted by molar-refractivity contribution is 5.95. The van der Waals surface area contributed by atoms with Crippen LogP contribution in [0.2, 0.25) is 0 Å². The average molecular weight is 412 g/mol. The number of ether oxygens (including phenoxy) is 1. The van der Waals surface area contributed by atoms with Crippen molar-refractivity contribution in [1.82, 2.24) is 4.90 Å². The summed E-state index contributed by atoms with van der Waals surface area (Å²) in [6.45, 7) is 6.82. The minimum absolute atomic E-state index is 0.0382. The molecule has 0 heterocycles. The fourth-order valence-electron chi connectivity index (χ4n) is 2.95. The number of anilines is 2. The topological polar surface area (TPSA) is 70.7 Å². The zero-order valence-corrected chi connectivity index (χ0v) is 18.6. The number of hydrogen-bond donors (Lipinski definition) is 2. The first-order valence-electron chi connectivity index (χ1n) is 10.4. The zero-order valence-electron chi connectivity index (χ0n) is 18.6. The van der Waals surface area contributed by atoms with Crippen molar-refractivity contribution in [3.8, 4) is 5.75 Å². The molecule has 0 radical (unpaired) electrons. The van der Waals surface area contributed by atoms with Gasteiger partial charge in [-0.1, -0.05) is 39.0 Å². The Morgan fingerprint density at radius 3 is 2.13 bits per heavy atom. The molecular formula is C24H33N3O3. The number of para-hydroxylation sites is 1. The Kier molecular flexibility index (Phi) is 8.87. The first-order chi connectivity index (χ1) is 14.3. The largest absolute Gasteiger partial charge is 0.480 e. The zero-order chi connectivity index (χ0) is 22.1. The van der Waals surface area contributed by atoms with Crippen LogP contribution in [0, 0.1) is 0 Å². The Hall–Kier alpha value is -2.86. The summed E-state index contributed by atoms with van der Waals surface area (Å²) in [6.07, 6.45) is 0.396. The Morgan fingerprint density at radius 1 is 0.967 bits per heavy atom.